The Hall–Kier alpha value is -1.58. The van der Waals surface area contributed by atoms with E-state index in [1.54, 1.807) is 11.8 Å². The van der Waals surface area contributed by atoms with E-state index in [-0.39, 0.29) is 0 Å². The maximum Gasteiger partial charge on any atom is 0.0696 e. The van der Waals surface area contributed by atoms with Gasteiger partial charge < -0.3 is 5.32 Å². The van der Waals surface area contributed by atoms with Gasteiger partial charge in [-0.05, 0) is 30.4 Å². The molecule has 0 saturated heterocycles. The smallest absolute Gasteiger partial charge is 0.0696 e. The molecule has 0 aliphatic heterocycles. The van der Waals surface area contributed by atoms with Crippen molar-refractivity contribution in [3.63, 3.8) is 0 Å². The van der Waals surface area contributed by atoms with Gasteiger partial charge in [-0.1, -0.05) is 72.4 Å². The average molecular weight is 313 g/mol. The molecule has 0 spiro atoms. The van der Waals surface area contributed by atoms with Gasteiger partial charge in [-0.25, -0.2) is 0 Å². The number of benzene rings is 2. The lowest BCUT2D eigenvalue weighted by Crippen LogP contribution is -2.12. The number of aryl methyl sites for hydroxylation is 1. The lowest BCUT2D eigenvalue weighted by molar-refractivity contribution is 0.857. The van der Waals surface area contributed by atoms with E-state index in [0.29, 0.717) is 0 Å². The highest BCUT2D eigenvalue weighted by Gasteiger charge is 2.01. The number of hydrogen-bond donors (Lipinski definition) is 1. The molecule has 0 atom stereocenters. The second kappa shape index (κ2) is 8.01. The highest BCUT2D eigenvalue weighted by atomic mass is 32.2. The predicted molar refractivity (Wildman–Crippen MR) is 97.8 cm³/mol. The van der Waals surface area contributed by atoms with Gasteiger partial charge in [0.1, 0.15) is 0 Å². The maximum absolute atomic E-state index is 5.48. The summed E-state index contributed by atoms with van der Waals surface area (Å²) in [4.78, 5) is 0.858. The molecule has 1 N–H and O–H groups in total. The van der Waals surface area contributed by atoms with Crippen molar-refractivity contribution < 1.29 is 0 Å². The van der Waals surface area contributed by atoms with Crippen LogP contribution in [-0.2, 0) is 6.54 Å². The Labute approximate surface area is 136 Å². The zero-order valence-electron chi connectivity index (χ0n) is 12.3. The Balaban J connectivity index is 2.00. The van der Waals surface area contributed by atoms with E-state index >= 15 is 0 Å². The number of hydrogen-bond acceptors (Lipinski definition) is 3. The lowest BCUT2D eigenvalue weighted by atomic mass is 10.1. The van der Waals surface area contributed by atoms with Crippen LogP contribution in [0.1, 0.15) is 16.7 Å². The Morgan fingerprint density at radius 1 is 1.10 bits per heavy atom. The SMILES string of the molecule is CS/C(=C/C(=S)c1ccccc1)NCc1ccc(C)cc1. The van der Waals surface area contributed by atoms with Crippen LogP contribution in [0.2, 0.25) is 0 Å². The van der Waals surface area contributed by atoms with Gasteiger partial charge in [0.15, 0.2) is 0 Å². The standard InChI is InChI=1S/C18H19NS2/c1-14-8-10-15(11-9-14)13-19-18(21-2)12-17(20)16-6-4-3-5-7-16/h3-12,19H,13H2,1-2H3/b18-12+. The van der Waals surface area contributed by atoms with Gasteiger partial charge in [0.2, 0.25) is 0 Å². The summed E-state index contributed by atoms with van der Waals surface area (Å²) in [5.74, 6) is 0. The monoisotopic (exact) mass is 313 g/mol. The van der Waals surface area contributed by atoms with Crippen molar-refractivity contribution in [3.8, 4) is 0 Å². The quantitative estimate of drug-likeness (QED) is 0.471. The van der Waals surface area contributed by atoms with E-state index in [9.17, 15) is 0 Å². The second-order valence-corrected chi connectivity index (χ2v) is 6.07. The first-order valence-corrected chi connectivity index (χ1v) is 8.47. The summed E-state index contributed by atoms with van der Waals surface area (Å²) >= 11 is 7.16. The minimum Gasteiger partial charge on any atom is -0.376 e. The van der Waals surface area contributed by atoms with Crippen molar-refractivity contribution in [2.24, 2.45) is 0 Å². The Morgan fingerprint density at radius 2 is 1.76 bits per heavy atom. The van der Waals surface area contributed by atoms with Crippen molar-refractivity contribution in [2.45, 2.75) is 13.5 Å². The van der Waals surface area contributed by atoms with Crippen molar-refractivity contribution >= 4 is 28.8 Å². The molecule has 2 aromatic rings. The van der Waals surface area contributed by atoms with Gasteiger partial charge >= 0.3 is 0 Å². The maximum atomic E-state index is 5.48. The molecule has 0 amide bonds. The largest absolute Gasteiger partial charge is 0.376 e. The van der Waals surface area contributed by atoms with E-state index < -0.39 is 0 Å². The van der Waals surface area contributed by atoms with Crippen LogP contribution in [-0.4, -0.2) is 11.1 Å². The van der Waals surface area contributed by atoms with Crippen LogP contribution in [0, 0.1) is 6.92 Å². The molecular formula is C18H19NS2. The van der Waals surface area contributed by atoms with Crippen molar-refractivity contribution in [3.05, 3.63) is 82.4 Å². The Kier molecular flexibility index (Phi) is 6.03. The molecule has 0 bridgehead atoms. The van der Waals surface area contributed by atoms with Crippen LogP contribution in [0.4, 0.5) is 0 Å². The molecule has 2 rings (SSSR count). The van der Waals surface area contributed by atoms with Crippen LogP contribution >= 0.6 is 24.0 Å². The molecule has 2 aromatic carbocycles. The molecule has 108 valence electrons. The summed E-state index contributed by atoms with van der Waals surface area (Å²) in [5.41, 5.74) is 3.63. The van der Waals surface area contributed by atoms with Crippen LogP contribution in [0.25, 0.3) is 0 Å². The number of thiocarbonyl (C=S) groups is 1. The first kappa shape index (κ1) is 15.8. The first-order valence-electron chi connectivity index (χ1n) is 6.83. The molecule has 0 heterocycles. The summed E-state index contributed by atoms with van der Waals surface area (Å²) in [6.45, 7) is 2.91. The second-order valence-electron chi connectivity index (χ2n) is 4.78. The molecule has 21 heavy (non-hydrogen) atoms. The molecule has 0 aliphatic carbocycles. The molecule has 1 nitrogen and oxygen atoms in total. The number of rotatable bonds is 6. The summed E-state index contributed by atoms with van der Waals surface area (Å²) in [6, 6.07) is 18.7. The fourth-order valence-corrected chi connectivity index (χ4v) is 2.66. The summed E-state index contributed by atoms with van der Waals surface area (Å²) < 4.78 is 0. The third kappa shape index (κ3) is 5.03. The lowest BCUT2D eigenvalue weighted by Gasteiger charge is -2.09. The Morgan fingerprint density at radius 3 is 2.38 bits per heavy atom. The normalized spacial score (nSPS) is 11.2. The third-order valence-electron chi connectivity index (χ3n) is 3.13. The van der Waals surface area contributed by atoms with E-state index in [2.05, 4.69) is 42.8 Å². The first-order chi connectivity index (χ1) is 10.2. The highest BCUT2D eigenvalue weighted by molar-refractivity contribution is 8.02. The van der Waals surface area contributed by atoms with Gasteiger partial charge in [0.05, 0.1) is 5.03 Å². The highest BCUT2D eigenvalue weighted by Crippen LogP contribution is 2.13. The predicted octanol–water partition coefficient (Wildman–Crippen LogP) is 4.71. The van der Waals surface area contributed by atoms with Crippen LogP contribution < -0.4 is 5.32 Å². The summed E-state index contributed by atoms with van der Waals surface area (Å²) in [7, 11) is 0. The van der Waals surface area contributed by atoms with Gasteiger partial charge in [0, 0.05) is 11.4 Å². The van der Waals surface area contributed by atoms with E-state index in [4.69, 9.17) is 12.2 Å². The molecule has 3 heteroatoms. The minimum atomic E-state index is 0.810. The van der Waals surface area contributed by atoms with Crippen molar-refractivity contribution in [1.29, 1.82) is 0 Å². The Bertz CT molecular complexity index is 615. The average Bonchev–Trinajstić information content (AvgIpc) is 2.53. The molecule has 0 unspecified atom stereocenters. The van der Waals surface area contributed by atoms with Gasteiger partial charge in [-0.3, -0.25) is 0 Å². The molecule has 0 saturated carbocycles. The van der Waals surface area contributed by atoms with Crippen LogP contribution in [0.5, 0.6) is 0 Å². The third-order valence-corrected chi connectivity index (χ3v) is 4.18. The van der Waals surface area contributed by atoms with Gasteiger partial charge in [-0.15, -0.1) is 11.8 Å². The molecule has 0 fully saturated rings. The molecule has 0 aromatic heterocycles. The van der Waals surface area contributed by atoms with E-state index in [0.717, 1.165) is 22.0 Å². The van der Waals surface area contributed by atoms with Gasteiger partial charge in [0.25, 0.3) is 0 Å². The van der Waals surface area contributed by atoms with Crippen molar-refractivity contribution in [2.75, 3.05) is 6.26 Å². The fraction of sp³-hybridized carbons (Fsp3) is 0.167. The van der Waals surface area contributed by atoms with E-state index in [1.165, 1.54) is 11.1 Å². The molecule has 0 aliphatic rings. The summed E-state index contributed by atoms with van der Waals surface area (Å²) in [6.07, 6.45) is 4.09. The molecular weight excluding hydrogens is 294 g/mol. The van der Waals surface area contributed by atoms with Gasteiger partial charge in [-0.2, -0.15) is 0 Å². The molecule has 0 radical (unpaired) electrons. The topological polar surface area (TPSA) is 12.0 Å². The van der Waals surface area contributed by atoms with E-state index in [1.807, 2.05) is 36.4 Å². The zero-order chi connectivity index (χ0) is 15.1. The summed E-state index contributed by atoms with van der Waals surface area (Å²) in [5, 5.41) is 4.53. The van der Waals surface area contributed by atoms with Crippen LogP contribution in [0.15, 0.2) is 65.7 Å². The van der Waals surface area contributed by atoms with Crippen molar-refractivity contribution in [1.82, 2.24) is 5.32 Å². The number of allylic oxidation sites excluding steroid dienone is 1. The van der Waals surface area contributed by atoms with Crippen LogP contribution in [0.3, 0.4) is 0 Å². The fourth-order valence-electron chi connectivity index (χ4n) is 1.88. The zero-order valence-corrected chi connectivity index (χ0v) is 13.9. The minimum absolute atomic E-state index is 0.810. The number of nitrogens with one attached hydrogen (secondary N) is 1. The number of thioether (sulfide) groups is 1.